The lowest BCUT2D eigenvalue weighted by Gasteiger charge is -2.31. The number of aromatic nitrogens is 2. The second kappa shape index (κ2) is 5.88. The van der Waals surface area contributed by atoms with Gasteiger partial charge < -0.3 is 9.67 Å². The van der Waals surface area contributed by atoms with Gasteiger partial charge in [-0.1, -0.05) is 31.9 Å². The van der Waals surface area contributed by atoms with Crippen LogP contribution in [0.4, 0.5) is 0 Å². The number of carbonyl (C=O) groups is 1. The SMILES string of the molecule is CCCc1nc2ccccc2n1C1CCCCC1C(=O)O. The summed E-state index contributed by atoms with van der Waals surface area (Å²) in [5.41, 5.74) is 2.06. The normalized spacial score (nSPS) is 22.5. The summed E-state index contributed by atoms with van der Waals surface area (Å²) in [6, 6.07) is 8.13. The highest BCUT2D eigenvalue weighted by atomic mass is 16.4. The first kappa shape index (κ1) is 14.1. The molecule has 0 saturated heterocycles. The molecule has 2 aromatic rings. The predicted molar refractivity (Wildman–Crippen MR) is 82.4 cm³/mol. The fourth-order valence-corrected chi connectivity index (χ4v) is 3.57. The second-order valence-electron chi connectivity index (χ2n) is 5.93. The summed E-state index contributed by atoms with van der Waals surface area (Å²) < 4.78 is 2.22. The minimum absolute atomic E-state index is 0.0465. The van der Waals surface area contributed by atoms with Gasteiger partial charge >= 0.3 is 5.97 Å². The topological polar surface area (TPSA) is 55.1 Å². The van der Waals surface area contributed by atoms with Crippen molar-refractivity contribution >= 4 is 17.0 Å². The van der Waals surface area contributed by atoms with Crippen molar-refractivity contribution < 1.29 is 9.90 Å². The summed E-state index contributed by atoms with van der Waals surface area (Å²) in [7, 11) is 0. The highest BCUT2D eigenvalue weighted by molar-refractivity contribution is 5.77. The first-order chi connectivity index (χ1) is 10.2. The summed E-state index contributed by atoms with van der Waals surface area (Å²) in [5.74, 6) is 0.0868. The molecule has 1 heterocycles. The molecular weight excluding hydrogens is 264 g/mol. The Kier molecular flexibility index (Phi) is 3.95. The molecule has 0 spiro atoms. The van der Waals surface area contributed by atoms with E-state index in [0.717, 1.165) is 55.4 Å². The zero-order valence-electron chi connectivity index (χ0n) is 12.5. The molecule has 1 N–H and O–H groups in total. The predicted octanol–water partition coefficient (Wildman–Crippen LogP) is 3.80. The fraction of sp³-hybridized carbons (Fsp3) is 0.529. The van der Waals surface area contributed by atoms with Crippen LogP contribution >= 0.6 is 0 Å². The molecule has 1 aromatic heterocycles. The number of benzene rings is 1. The van der Waals surface area contributed by atoms with E-state index >= 15 is 0 Å². The standard InChI is InChI=1S/C17H22N2O2/c1-2-7-16-18-13-9-4-6-11-15(13)19(16)14-10-5-3-8-12(14)17(20)21/h4,6,9,11-12,14H,2-3,5,7-8,10H2,1H3,(H,20,21). The van der Waals surface area contributed by atoms with Gasteiger partial charge in [-0.3, -0.25) is 4.79 Å². The van der Waals surface area contributed by atoms with Crippen molar-refractivity contribution in [3.63, 3.8) is 0 Å². The number of para-hydroxylation sites is 2. The van der Waals surface area contributed by atoms with Gasteiger partial charge in [-0.2, -0.15) is 0 Å². The van der Waals surface area contributed by atoms with E-state index in [1.54, 1.807) is 0 Å². The Hall–Kier alpha value is -1.84. The molecule has 1 aliphatic rings. The quantitative estimate of drug-likeness (QED) is 0.930. The molecule has 1 aliphatic carbocycles. The highest BCUT2D eigenvalue weighted by Crippen LogP contribution is 2.37. The average Bonchev–Trinajstić information content (AvgIpc) is 2.85. The Morgan fingerprint density at radius 2 is 2.10 bits per heavy atom. The van der Waals surface area contributed by atoms with E-state index in [2.05, 4.69) is 17.6 Å². The Balaban J connectivity index is 2.12. The van der Waals surface area contributed by atoms with Crippen molar-refractivity contribution in [2.75, 3.05) is 0 Å². The van der Waals surface area contributed by atoms with E-state index in [-0.39, 0.29) is 12.0 Å². The third kappa shape index (κ3) is 2.55. The molecule has 0 aliphatic heterocycles. The number of imidazole rings is 1. The van der Waals surface area contributed by atoms with Gasteiger partial charge in [0.25, 0.3) is 0 Å². The van der Waals surface area contributed by atoms with E-state index < -0.39 is 5.97 Å². The molecule has 0 amide bonds. The van der Waals surface area contributed by atoms with Crippen molar-refractivity contribution in [2.24, 2.45) is 5.92 Å². The molecule has 3 rings (SSSR count). The van der Waals surface area contributed by atoms with Crippen molar-refractivity contribution in [2.45, 2.75) is 51.5 Å². The van der Waals surface area contributed by atoms with E-state index in [9.17, 15) is 9.90 Å². The maximum absolute atomic E-state index is 11.6. The van der Waals surface area contributed by atoms with Crippen LogP contribution in [0.2, 0.25) is 0 Å². The lowest BCUT2D eigenvalue weighted by molar-refractivity contribution is -0.144. The van der Waals surface area contributed by atoms with Crippen LogP contribution in [0.25, 0.3) is 11.0 Å². The number of rotatable bonds is 4. The van der Waals surface area contributed by atoms with Crippen molar-refractivity contribution in [1.29, 1.82) is 0 Å². The zero-order chi connectivity index (χ0) is 14.8. The largest absolute Gasteiger partial charge is 0.481 e. The molecule has 0 radical (unpaired) electrons. The second-order valence-corrected chi connectivity index (χ2v) is 5.93. The third-order valence-corrected chi connectivity index (χ3v) is 4.52. The summed E-state index contributed by atoms with van der Waals surface area (Å²) in [5, 5.41) is 9.57. The van der Waals surface area contributed by atoms with Crippen molar-refractivity contribution in [3.05, 3.63) is 30.1 Å². The van der Waals surface area contributed by atoms with Crippen molar-refractivity contribution in [3.8, 4) is 0 Å². The first-order valence-electron chi connectivity index (χ1n) is 7.91. The van der Waals surface area contributed by atoms with Crippen LogP contribution in [-0.4, -0.2) is 20.6 Å². The van der Waals surface area contributed by atoms with Gasteiger partial charge in [0, 0.05) is 12.5 Å². The number of hydrogen-bond acceptors (Lipinski definition) is 2. The van der Waals surface area contributed by atoms with Crippen LogP contribution in [0.15, 0.2) is 24.3 Å². The summed E-state index contributed by atoms with van der Waals surface area (Å²) in [4.78, 5) is 16.4. The van der Waals surface area contributed by atoms with Gasteiger partial charge in [-0.05, 0) is 31.4 Å². The maximum Gasteiger partial charge on any atom is 0.308 e. The molecule has 4 heteroatoms. The minimum atomic E-state index is -0.667. The first-order valence-corrected chi connectivity index (χ1v) is 7.91. The summed E-state index contributed by atoms with van der Waals surface area (Å²) in [6.45, 7) is 2.14. The fourth-order valence-electron chi connectivity index (χ4n) is 3.57. The summed E-state index contributed by atoms with van der Waals surface area (Å²) >= 11 is 0. The molecule has 1 fully saturated rings. The van der Waals surface area contributed by atoms with Crippen LogP contribution in [0.1, 0.15) is 50.9 Å². The van der Waals surface area contributed by atoms with E-state index in [4.69, 9.17) is 4.98 Å². The van der Waals surface area contributed by atoms with Gasteiger partial charge in [-0.15, -0.1) is 0 Å². The van der Waals surface area contributed by atoms with Crippen LogP contribution in [0.5, 0.6) is 0 Å². The molecule has 1 aromatic carbocycles. The number of aryl methyl sites for hydroxylation is 1. The number of carboxylic acid groups (broad SMARTS) is 1. The number of aliphatic carboxylic acids is 1. The Bertz CT molecular complexity index is 647. The van der Waals surface area contributed by atoms with E-state index in [0.29, 0.717) is 0 Å². The Morgan fingerprint density at radius 3 is 2.86 bits per heavy atom. The van der Waals surface area contributed by atoms with Crippen LogP contribution in [-0.2, 0) is 11.2 Å². The maximum atomic E-state index is 11.6. The number of carboxylic acids is 1. The number of hydrogen-bond donors (Lipinski definition) is 1. The lowest BCUT2D eigenvalue weighted by atomic mass is 9.84. The molecule has 21 heavy (non-hydrogen) atoms. The molecule has 0 bridgehead atoms. The minimum Gasteiger partial charge on any atom is -0.481 e. The Morgan fingerprint density at radius 1 is 1.33 bits per heavy atom. The Labute approximate surface area is 124 Å². The van der Waals surface area contributed by atoms with Gasteiger partial charge in [-0.25, -0.2) is 4.98 Å². The van der Waals surface area contributed by atoms with Gasteiger partial charge in [0.05, 0.1) is 17.0 Å². The van der Waals surface area contributed by atoms with Crippen LogP contribution in [0.3, 0.4) is 0 Å². The molecule has 2 unspecified atom stereocenters. The molecular formula is C17H22N2O2. The van der Waals surface area contributed by atoms with E-state index in [1.165, 1.54) is 0 Å². The van der Waals surface area contributed by atoms with Crippen LogP contribution < -0.4 is 0 Å². The smallest absolute Gasteiger partial charge is 0.308 e. The van der Waals surface area contributed by atoms with Gasteiger partial charge in [0.1, 0.15) is 5.82 Å². The lowest BCUT2D eigenvalue weighted by Crippen LogP contribution is -2.30. The number of nitrogens with zero attached hydrogens (tertiary/aromatic N) is 2. The highest BCUT2D eigenvalue weighted by Gasteiger charge is 2.34. The molecule has 4 nitrogen and oxygen atoms in total. The van der Waals surface area contributed by atoms with Gasteiger partial charge in [0.2, 0.25) is 0 Å². The zero-order valence-corrected chi connectivity index (χ0v) is 12.5. The van der Waals surface area contributed by atoms with Gasteiger partial charge in [0.15, 0.2) is 0 Å². The molecule has 112 valence electrons. The average molecular weight is 286 g/mol. The van der Waals surface area contributed by atoms with Crippen molar-refractivity contribution in [1.82, 2.24) is 9.55 Å². The number of fused-ring (bicyclic) bond motifs is 1. The summed E-state index contributed by atoms with van der Waals surface area (Å²) in [6.07, 6.45) is 5.76. The van der Waals surface area contributed by atoms with E-state index in [1.807, 2.05) is 18.2 Å². The third-order valence-electron chi connectivity index (χ3n) is 4.52. The van der Waals surface area contributed by atoms with Crippen LogP contribution in [0, 0.1) is 5.92 Å². The molecule has 1 saturated carbocycles. The molecule has 2 atom stereocenters. The monoisotopic (exact) mass is 286 g/mol.